The van der Waals surface area contributed by atoms with E-state index in [0.717, 1.165) is 22.3 Å². The molecule has 0 aliphatic rings. The van der Waals surface area contributed by atoms with Crippen LogP contribution in [0.5, 0.6) is 11.5 Å². The molecular formula is C45H42N6O6. The van der Waals surface area contributed by atoms with Crippen molar-refractivity contribution in [1.82, 2.24) is 0 Å². The number of carbonyl (C=O) groups is 4. The smallest absolute Gasteiger partial charge is 0.410 e. The lowest BCUT2D eigenvalue weighted by molar-refractivity contribution is 0.214. The summed E-state index contributed by atoms with van der Waals surface area (Å²) in [7, 11) is 0. The van der Waals surface area contributed by atoms with Crippen LogP contribution in [-0.4, -0.2) is 24.2 Å². The van der Waals surface area contributed by atoms with Crippen LogP contribution in [0.1, 0.15) is 36.1 Å². The number of aryl methyl sites for hydroxylation is 2. The number of ether oxygens (including phenoxy) is 2. The first-order valence-corrected chi connectivity index (χ1v) is 18.0. The van der Waals surface area contributed by atoms with Gasteiger partial charge in [-0.2, -0.15) is 0 Å². The number of amides is 6. The van der Waals surface area contributed by atoms with Gasteiger partial charge in [0, 0.05) is 16.8 Å². The van der Waals surface area contributed by atoms with Crippen molar-refractivity contribution in [3.8, 4) is 11.5 Å². The van der Waals surface area contributed by atoms with Gasteiger partial charge in [0.25, 0.3) is 0 Å². The Morgan fingerprint density at radius 1 is 0.509 bits per heavy atom. The quantitative estimate of drug-likeness (QED) is 0.108. The second kappa shape index (κ2) is 16.8. The van der Waals surface area contributed by atoms with Crippen molar-refractivity contribution in [2.24, 2.45) is 11.5 Å². The number of nitrogens with zero attached hydrogens (tertiary/aromatic N) is 2. The Labute approximate surface area is 330 Å². The van der Waals surface area contributed by atoms with Gasteiger partial charge in [-0.1, -0.05) is 86.6 Å². The summed E-state index contributed by atoms with van der Waals surface area (Å²) in [5.41, 5.74) is 17.5. The Balaban J connectivity index is 1.07. The number of nitrogens with two attached hydrogens (primary N) is 2. The van der Waals surface area contributed by atoms with Gasteiger partial charge in [-0.15, -0.1) is 0 Å². The number of benzene rings is 6. The van der Waals surface area contributed by atoms with Crippen molar-refractivity contribution in [1.29, 1.82) is 0 Å². The third kappa shape index (κ3) is 9.20. The van der Waals surface area contributed by atoms with Gasteiger partial charge in [0.15, 0.2) is 0 Å². The molecule has 0 aliphatic carbocycles. The average molecular weight is 763 g/mol. The number of carbonyl (C=O) groups excluding carboxylic acids is 4. The summed E-state index contributed by atoms with van der Waals surface area (Å²) in [6.45, 7) is 7.80. The number of hydrogen-bond donors (Lipinski definition) is 4. The van der Waals surface area contributed by atoms with Gasteiger partial charge in [-0.25, -0.2) is 19.2 Å². The van der Waals surface area contributed by atoms with Gasteiger partial charge in [-0.3, -0.25) is 20.4 Å². The number of anilines is 6. The number of primary amides is 2. The van der Waals surface area contributed by atoms with Crippen molar-refractivity contribution in [3.63, 3.8) is 0 Å². The van der Waals surface area contributed by atoms with Gasteiger partial charge < -0.3 is 20.9 Å². The van der Waals surface area contributed by atoms with E-state index in [0.29, 0.717) is 45.6 Å². The molecule has 6 amide bonds. The maximum absolute atomic E-state index is 12.9. The molecule has 6 aromatic rings. The van der Waals surface area contributed by atoms with Crippen LogP contribution in [0.3, 0.4) is 0 Å². The zero-order valence-corrected chi connectivity index (χ0v) is 31.9. The summed E-state index contributed by atoms with van der Waals surface area (Å²) < 4.78 is 11.1. The first kappa shape index (κ1) is 39.1. The fourth-order valence-corrected chi connectivity index (χ4v) is 6.33. The maximum Gasteiger partial charge on any atom is 0.417 e. The minimum atomic E-state index is -0.704. The highest BCUT2D eigenvalue weighted by molar-refractivity contribution is 6.01. The third-order valence-corrected chi connectivity index (χ3v) is 9.44. The van der Waals surface area contributed by atoms with Crippen LogP contribution in [0, 0.1) is 13.8 Å². The summed E-state index contributed by atoms with van der Waals surface area (Å²) in [4.78, 5) is 53.4. The summed E-state index contributed by atoms with van der Waals surface area (Å²) in [5, 5.41) is 5.45. The van der Waals surface area contributed by atoms with Crippen LogP contribution in [0.15, 0.2) is 146 Å². The number of urea groups is 2. The highest BCUT2D eigenvalue weighted by Crippen LogP contribution is 2.35. The molecule has 12 heteroatoms. The molecule has 288 valence electrons. The van der Waals surface area contributed by atoms with E-state index in [4.69, 9.17) is 20.9 Å². The minimum Gasteiger partial charge on any atom is -0.410 e. The molecular weight excluding hydrogens is 721 g/mol. The van der Waals surface area contributed by atoms with Gasteiger partial charge in [0.2, 0.25) is 0 Å². The van der Waals surface area contributed by atoms with Crippen LogP contribution in [-0.2, 0) is 5.41 Å². The highest BCUT2D eigenvalue weighted by Gasteiger charge is 2.24. The fourth-order valence-electron chi connectivity index (χ4n) is 6.33. The van der Waals surface area contributed by atoms with Crippen LogP contribution in [0.2, 0.25) is 0 Å². The zero-order chi connectivity index (χ0) is 40.7. The van der Waals surface area contributed by atoms with Crippen LogP contribution >= 0.6 is 0 Å². The zero-order valence-electron chi connectivity index (χ0n) is 31.9. The average Bonchev–Trinajstić information content (AvgIpc) is 3.18. The van der Waals surface area contributed by atoms with Crippen LogP contribution < -0.4 is 41.4 Å². The number of para-hydroxylation sites is 2. The van der Waals surface area contributed by atoms with Crippen LogP contribution in [0.4, 0.5) is 53.3 Å². The normalized spacial score (nSPS) is 10.9. The Morgan fingerprint density at radius 2 is 0.860 bits per heavy atom. The van der Waals surface area contributed by atoms with Crippen LogP contribution in [0.25, 0.3) is 0 Å². The molecule has 0 fully saturated rings. The van der Waals surface area contributed by atoms with Crippen molar-refractivity contribution in [2.45, 2.75) is 33.1 Å². The van der Waals surface area contributed by atoms with E-state index in [1.165, 1.54) is 9.80 Å². The molecule has 0 bridgehead atoms. The van der Waals surface area contributed by atoms with Crippen molar-refractivity contribution >= 4 is 58.4 Å². The Morgan fingerprint density at radius 3 is 1.19 bits per heavy atom. The van der Waals surface area contributed by atoms with E-state index >= 15 is 0 Å². The molecule has 0 heterocycles. The number of nitrogens with one attached hydrogen (secondary N) is 2. The van der Waals surface area contributed by atoms with E-state index in [1.54, 1.807) is 109 Å². The Hall–Kier alpha value is -7.60. The summed E-state index contributed by atoms with van der Waals surface area (Å²) in [6, 6.07) is 41.3. The molecule has 6 N–H and O–H groups in total. The molecule has 0 saturated carbocycles. The minimum absolute atomic E-state index is 0.334. The Kier molecular flexibility index (Phi) is 11.5. The second-order valence-electron chi connectivity index (χ2n) is 13.7. The molecule has 0 aromatic heterocycles. The molecule has 0 unspecified atom stereocenters. The molecule has 0 saturated heterocycles. The molecule has 0 aliphatic heterocycles. The molecule has 57 heavy (non-hydrogen) atoms. The number of rotatable bonds is 10. The maximum atomic E-state index is 12.9. The lowest BCUT2D eigenvalue weighted by Gasteiger charge is -2.26. The molecule has 0 atom stereocenters. The molecule has 0 spiro atoms. The third-order valence-electron chi connectivity index (χ3n) is 9.44. The monoisotopic (exact) mass is 762 g/mol. The molecule has 12 nitrogen and oxygen atoms in total. The first-order chi connectivity index (χ1) is 27.3. The van der Waals surface area contributed by atoms with Gasteiger partial charge in [-0.05, 0) is 109 Å². The Bertz CT molecular complexity index is 2230. The van der Waals surface area contributed by atoms with E-state index in [9.17, 15) is 19.2 Å². The van der Waals surface area contributed by atoms with Gasteiger partial charge in [0.1, 0.15) is 11.5 Å². The molecule has 0 radical (unpaired) electrons. The lowest BCUT2D eigenvalue weighted by Crippen LogP contribution is -2.32. The SMILES string of the molecule is Cc1ccc(NC(=O)Oc2ccc(C(C)(C)c3ccc(OC(=O)Nc4ccc(C)c(N(C(N)=O)c5ccccc5)c4)cc3)cc2)cc1N(C(N)=O)c1ccccc1. The fraction of sp³-hybridized carbons (Fsp3) is 0.111. The van der Waals surface area contributed by atoms with Crippen molar-refractivity contribution in [2.75, 3.05) is 20.4 Å². The summed E-state index contributed by atoms with van der Waals surface area (Å²) in [5.74, 6) is 0.667. The van der Waals surface area contributed by atoms with Crippen molar-refractivity contribution < 1.29 is 28.7 Å². The van der Waals surface area contributed by atoms with Gasteiger partial charge >= 0.3 is 24.2 Å². The summed E-state index contributed by atoms with van der Waals surface area (Å²) in [6.07, 6.45) is -1.41. The molecule has 6 rings (SSSR count). The topological polar surface area (TPSA) is 169 Å². The van der Waals surface area contributed by atoms with E-state index in [-0.39, 0.29) is 0 Å². The first-order valence-electron chi connectivity index (χ1n) is 18.0. The van der Waals surface area contributed by atoms with Gasteiger partial charge in [0.05, 0.1) is 22.7 Å². The largest absolute Gasteiger partial charge is 0.417 e. The lowest BCUT2D eigenvalue weighted by atomic mass is 9.78. The standard InChI is InChI=1S/C45H42N6O6/c1-29-15-21-33(27-39(29)50(41(46)52)35-11-7-5-8-12-35)48-43(54)56-37-23-17-31(18-24-37)45(3,4)32-19-25-38(26-20-32)57-44(55)49-34-22-16-30(2)40(28-34)51(42(47)53)36-13-9-6-10-14-36/h5-28H,1-4H3,(H2,46,52)(H2,47,53)(H,48,54)(H,49,55). The second-order valence-corrected chi connectivity index (χ2v) is 13.7. The molecule has 6 aromatic carbocycles. The number of hydrogen-bond acceptors (Lipinski definition) is 6. The highest BCUT2D eigenvalue weighted by atomic mass is 16.6. The van der Waals surface area contributed by atoms with Crippen molar-refractivity contribution in [3.05, 3.63) is 168 Å². The predicted molar refractivity (Wildman–Crippen MR) is 223 cm³/mol. The predicted octanol–water partition coefficient (Wildman–Crippen LogP) is 10.3. The van der Waals surface area contributed by atoms with E-state index < -0.39 is 29.7 Å². The summed E-state index contributed by atoms with van der Waals surface area (Å²) >= 11 is 0. The van der Waals surface area contributed by atoms with E-state index in [2.05, 4.69) is 24.5 Å². The van der Waals surface area contributed by atoms with E-state index in [1.807, 2.05) is 50.2 Å².